The molecule has 1 aromatic carbocycles. The van der Waals surface area contributed by atoms with Crippen molar-refractivity contribution in [3.63, 3.8) is 0 Å². The van der Waals surface area contributed by atoms with Crippen molar-refractivity contribution in [2.24, 2.45) is 0 Å². The Hall–Kier alpha value is -2.15. The molecule has 0 bridgehead atoms. The summed E-state index contributed by atoms with van der Waals surface area (Å²) in [5.74, 6) is -0.560. The van der Waals surface area contributed by atoms with E-state index in [9.17, 15) is 9.59 Å². The fourth-order valence-electron chi connectivity index (χ4n) is 2.16. The maximum Gasteiger partial charge on any atom is 0.331 e. The van der Waals surface area contributed by atoms with Gasteiger partial charge >= 0.3 is 5.97 Å². The summed E-state index contributed by atoms with van der Waals surface area (Å²) < 4.78 is 6.64. The Morgan fingerprint density at radius 2 is 2.16 bits per heavy atom. The molecule has 0 unspecified atom stereocenters. The third-order valence-electron chi connectivity index (χ3n) is 3.35. The summed E-state index contributed by atoms with van der Waals surface area (Å²) in [4.78, 5) is 28.8. The van der Waals surface area contributed by atoms with Crippen molar-refractivity contribution in [3.8, 4) is 0 Å². The lowest BCUT2D eigenvalue weighted by Gasteiger charge is -2.03. The van der Waals surface area contributed by atoms with Crippen molar-refractivity contribution in [3.05, 3.63) is 73.1 Å². The molecular weight excluding hydrogens is 383 g/mol. The van der Waals surface area contributed by atoms with E-state index in [1.54, 1.807) is 18.2 Å². The summed E-state index contributed by atoms with van der Waals surface area (Å²) in [7, 11) is 0. The molecule has 0 aliphatic carbocycles. The Kier molecular flexibility index (Phi) is 5.22. The van der Waals surface area contributed by atoms with Gasteiger partial charge in [0.15, 0.2) is 4.96 Å². The highest BCUT2D eigenvalue weighted by atomic mass is 35.5. The van der Waals surface area contributed by atoms with Gasteiger partial charge in [-0.05, 0) is 30.7 Å². The third-order valence-corrected chi connectivity index (χ3v) is 4.86. The molecule has 5 nitrogen and oxygen atoms in total. The van der Waals surface area contributed by atoms with E-state index in [0.717, 1.165) is 5.69 Å². The van der Waals surface area contributed by atoms with Crippen LogP contribution in [0.5, 0.6) is 0 Å². The Labute approximate surface area is 157 Å². The monoisotopic (exact) mass is 394 g/mol. The van der Waals surface area contributed by atoms with E-state index in [4.69, 9.17) is 27.9 Å². The van der Waals surface area contributed by atoms with Crippen LogP contribution in [0.25, 0.3) is 11.0 Å². The number of esters is 1. The summed E-state index contributed by atoms with van der Waals surface area (Å²) in [6, 6.07) is 6.32. The largest absolute Gasteiger partial charge is 0.456 e. The number of rotatable bonds is 4. The number of aryl methyl sites for hydroxylation is 1. The summed E-state index contributed by atoms with van der Waals surface area (Å²) in [6.07, 6.45) is 2.80. The van der Waals surface area contributed by atoms with E-state index in [2.05, 4.69) is 4.98 Å². The Morgan fingerprint density at radius 1 is 1.36 bits per heavy atom. The van der Waals surface area contributed by atoms with Crippen molar-refractivity contribution in [2.75, 3.05) is 0 Å². The number of fused-ring (bicyclic) bond motifs is 1. The molecule has 0 spiro atoms. The minimum absolute atomic E-state index is 0.0831. The highest BCUT2D eigenvalue weighted by Crippen LogP contribution is 2.22. The Bertz CT molecular complexity index is 1040. The van der Waals surface area contributed by atoms with E-state index in [0.29, 0.717) is 26.3 Å². The van der Waals surface area contributed by atoms with Crippen molar-refractivity contribution in [2.45, 2.75) is 13.5 Å². The van der Waals surface area contributed by atoms with Crippen LogP contribution in [-0.4, -0.2) is 15.4 Å². The summed E-state index contributed by atoms with van der Waals surface area (Å²) in [5.41, 5.74) is 1.68. The third kappa shape index (κ3) is 4.10. The minimum atomic E-state index is -0.560. The van der Waals surface area contributed by atoms with Gasteiger partial charge in [-0.2, -0.15) is 0 Å². The molecule has 0 amide bonds. The molecule has 0 atom stereocenters. The zero-order valence-corrected chi connectivity index (χ0v) is 15.4. The smallest absolute Gasteiger partial charge is 0.331 e. The van der Waals surface area contributed by atoms with E-state index < -0.39 is 5.97 Å². The number of benzene rings is 1. The van der Waals surface area contributed by atoms with Crippen molar-refractivity contribution >= 4 is 51.5 Å². The van der Waals surface area contributed by atoms with Crippen molar-refractivity contribution in [1.82, 2.24) is 9.38 Å². The lowest BCUT2D eigenvalue weighted by Crippen LogP contribution is -2.16. The first kappa shape index (κ1) is 17.7. The molecule has 0 fully saturated rings. The van der Waals surface area contributed by atoms with Crippen LogP contribution in [-0.2, 0) is 16.1 Å². The van der Waals surface area contributed by atoms with Gasteiger partial charge in [0.1, 0.15) is 6.61 Å². The molecule has 3 aromatic rings. The van der Waals surface area contributed by atoms with Crippen LogP contribution in [0.4, 0.5) is 0 Å². The first-order valence-corrected chi connectivity index (χ1v) is 8.84. The normalized spacial score (nSPS) is 11.3. The van der Waals surface area contributed by atoms with Crippen LogP contribution >= 0.6 is 34.5 Å². The number of hydrogen-bond donors (Lipinski definition) is 0. The molecule has 128 valence electrons. The number of ether oxygens (including phenoxy) is 1. The number of carbonyl (C=O) groups is 1. The number of aromatic nitrogens is 2. The molecule has 25 heavy (non-hydrogen) atoms. The Morgan fingerprint density at radius 3 is 2.92 bits per heavy atom. The van der Waals surface area contributed by atoms with Gasteiger partial charge < -0.3 is 4.74 Å². The molecule has 2 aromatic heterocycles. The van der Waals surface area contributed by atoms with Crippen LogP contribution < -0.4 is 5.56 Å². The molecule has 0 aliphatic rings. The lowest BCUT2D eigenvalue weighted by molar-refractivity contribution is -0.139. The molecule has 0 N–H and O–H groups in total. The van der Waals surface area contributed by atoms with E-state index in [1.807, 2.05) is 12.3 Å². The molecule has 0 aliphatic heterocycles. The number of nitrogens with zero attached hydrogens (tertiary/aromatic N) is 2. The zero-order chi connectivity index (χ0) is 18.0. The summed E-state index contributed by atoms with van der Waals surface area (Å²) in [5, 5.41) is 2.80. The predicted molar refractivity (Wildman–Crippen MR) is 99.4 cm³/mol. The van der Waals surface area contributed by atoms with E-state index >= 15 is 0 Å². The topological polar surface area (TPSA) is 60.7 Å². The summed E-state index contributed by atoms with van der Waals surface area (Å²) in [6.45, 7) is 1.75. The molecular formula is C17H12Cl2N2O3S. The van der Waals surface area contributed by atoms with Gasteiger partial charge in [0.05, 0.1) is 5.69 Å². The molecule has 2 heterocycles. The Balaban J connectivity index is 1.68. The van der Waals surface area contributed by atoms with Gasteiger partial charge in [-0.1, -0.05) is 29.3 Å². The molecule has 0 radical (unpaired) electrons. The van der Waals surface area contributed by atoms with E-state index in [1.165, 1.54) is 34.0 Å². The molecule has 0 saturated heterocycles. The SMILES string of the molecule is Cc1csc2nc(COC(=O)/C=C/c3ccc(Cl)cc3Cl)cc(=O)n12. The first-order chi connectivity index (χ1) is 11.9. The molecule has 0 saturated carbocycles. The van der Waals surface area contributed by atoms with Gasteiger partial charge in [0, 0.05) is 33.3 Å². The number of carbonyl (C=O) groups excluding carboxylic acids is 1. The highest BCUT2D eigenvalue weighted by molar-refractivity contribution is 7.15. The zero-order valence-electron chi connectivity index (χ0n) is 13.0. The van der Waals surface area contributed by atoms with Crippen LogP contribution in [0.2, 0.25) is 10.0 Å². The average molecular weight is 395 g/mol. The second-order valence-electron chi connectivity index (χ2n) is 5.19. The molecule has 3 rings (SSSR count). The van der Waals surface area contributed by atoms with Gasteiger partial charge in [-0.3, -0.25) is 9.20 Å². The average Bonchev–Trinajstić information content (AvgIpc) is 2.93. The van der Waals surface area contributed by atoms with Crippen LogP contribution in [0.1, 0.15) is 17.0 Å². The van der Waals surface area contributed by atoms with Crippen LogP contribution in [0, 0.1) is 6.92 Å². The fraction of sp³-hybridized carbons (Fsp3) is 0.118. The van der Waals surface area contributed by atoms with Gasteiger partial charge in [-0.25, -0.2) is 9.78 Å². The van der Waals surface area contributed by atoms with Gasteiger partial charge in [-0.15, -0.1) is 11.3 Å². The highest BCUT2D eigenvalue weighted by Gasteiger charge is 2.08. The second-order valence-corrected chi connectivity index (χ2v) is 6.87. The maximum absolute atomic E-state index is 12.1. The lowest BCUT2D eigenvalue weighted by atomic mass is 10.2. The van der Waals surface area contributed by atoms with Crippen LogP contribution in [0.3, 0.4) is 0 Å². The standard InChI is InChI=1S/C17H12Cl2N2O3S/c1-10-9-25-17-20-13(7-15(22)21(10)17)8-24-16(23)5-3-11-2-4-12(18)6-14(11)19/h2-7,9H,8H2,1H3/b5-3+. The first-order valence-electron chi connectivity index (χ1n) is 7.21. The number of hydrogen-bond acceptors (Lipinski definition) is 5. The summed E-state index contributed by atoms with van der Waals surface area (Å²) >= 11 is 13.2. The van der Waals surface area contributed by atoms with E-state index in [-0.39, 0.29) is 12.2 Å². The molecule has 8 heteroatoms. The fourth-order valence-corrected chi connectivity index (χ4v) is 3.52. The number of thiazole rings is 1. The van der Waals surface area contributed by atoms with Crippen molar-refractivity contribution in [1.29, 1.82) is 0 Å². The van der Waals surface area contributed by atoms with Gasteiger partial charge in [0.25, 0.3) is 5.56 Å². The number of halogens is 2. The van der Waals surface area contributed by atoms with Crippen LogP contribution in [0.15, 0.2) is 40.5 Å². The quantitative estimate of drug-likeness (QED) is 0.492. The van der Waals surface area contributed by atoms with Crippen molar-refractivity contribution < 1.29 is 9.53 Å². The minimum Gasteiger partial charge on any atom is -0.456 e. The van der Waals surface area contributed by atoms with Gasteiger partial charge in [0.2, 0.25) is 0 Å². The second kappa shape index (κ2) is 7.39. The maximum atomic E-state index is 12.1. The predicted octanol–water partition coefficient (Wildman–Crippen LogP) is 4.13.